The monoisotopic (exact) mass is 278 g/mol. The van der Waals surface area contributed by atoms with E-state index in [1.54, 1.807) is 11.2 Å². The van der Waals surface area contributed by atoms with Gasteiger partial charge in [-0.25, -0.2) is 0 Å². The molecule has 5 heteroatoms. The van der Waals surface area contributed by atoms with Crippen molar-refractivity contribution < 1.29 is 0 Å². The summed E-state index contributed by atoms with van der Waals surface area (Å²) in [6.07, 6.45) is 2.77. The molecule has 0 bridgehead atoms. The Morgan fingerprint density at radius 3 is 2.95 bits per heavy atom. The molecule has 0 unspecified atom stereocenters. The molecule has 4 nitrogen and oxygen atoms in total. The van der Waals surface area contributed by atoms with E-state index in [1.807, 2.05) is 31.3 Å². The minimum atomic E-state index is 0.340. The molecule has 0 radical (unpaired) electrons. The summed E-state index contributed by atoms with van der Waals surface area (Å²) >= 11 is 5.98. The highest BCUT2D eigenvalue weighted by Crippen LogP contribution is 2.25. The number of fused-ring (bicyclic) bond motifs is 1. The van der Waals surface area contributed by atoms with Crippen molar-refractivity contribution in [2.75, 3.05) is 18.9 Å². The molecule has 0 saturated carbocycles. The number of rotatable bonds is 5. The van der Waals surface area contributed by atoms with Crippen molar-refractivity contribution >= 4 is 28.2 Å². The van der Waals surface area contributed by atoms with E-state index in [1.165, 1.54) is 0 Å². The second-order valence-corrected chi connectivity index (χ2v) is 5.27. The highest BCUT2D eigenvalue weighted by Gasteiger charge is 2.07. The SMILES string of the molecule is C[C@H](CCN(C)N)Nc1ccnc2cc(Cl)ccc12. The second kappa shape index (κ2) is 6.19. The van der Waals surface area contributed by atoms with Crippen LogP contribution in [0.1, 0.15) is 13.3 Å². The maximum Gasteiger partial charge on any atom is 0.0737 e. The average Bonchev–Trinajstić information content (AvgIpc) is 2.36. The number of pyridine rings is 1. The smallest absolute Gasteiger partial charge is 0.0737 e. The second-order valence-electron chi connectivity index (χ2n) is 4.83. The van der Waals surface area contributed by atoms with E-state index < -0.39 is 0 Å². The van der Waals surface area contributed by atoms with E-state index in [9.17, 15) is 0 Å². The van der Waals surface area contributed by atoms with E-state index in [0.717, 1.165) is 29.6 Å². The molecule has 1 heterocycles. The van der Waals surface area contributed by atoms with Crippen molar-refractivity contribution in [1.82, 2.24) is 9.99 Å². The number of nitrogens with zero attached hydrogens (tertiary/aromatic N) is 2. The van der Waals surface area contributed by atoms with Crippen LogP contribution in [0.2, 0.25) is 5.02 Å². The summed E-state index contributed by atoms with van der Waals surface area (Å²) in [6.45, 7) is 2.99. The molecule has 1 aromatic carbocycles. The van der Waals surface area contributed by atoms with Gasteiger partial charge in [-0.1, -0.05) is 11.6 Å². The highest BCUT2D eigenvalue weighted by atomic mass is 35.5. The number of aromatic nitrogens is 1. The summed E-state index contributed by atoms with van der Waals surface area (Å²) in [5.41, 5.74) is 1.98. The highest BCUT2D eigenvalue weighted by molar-refractivity contribution is 6.31. The number of hydrogen-bond acceptors (Lipinski definition) is 4. The molecular formula is C14H19ClN4. The van der Waals surface area contributed by atoms with Gasteiger partial charge >= 0.3 is 0 Å². The molecule has 19 heavy (non-hydrogen) atoms. The number of halogens is 1. The van der Waals surface area contributed by atoms with Crippen LogP contribution in [0, 0.1) is 0 Å². The maximum atomic E-state index is 5.98. The summed E-state index contributed by atoms with van der Waals surface area (Å²) in [6, 6.07) is 8.08. The van der Waals surface area contributed by atoms with Gasteiger partial charge < -0.3 is 5.32 Å². The zero-order chi connectivity index (χ0) is 13.8. The largest absolute Gasteiger partial charge is 0.382 e. The predicted molar refractivity (Wildman–Crippen MR) is 81.3 cm³/mol. The van der Waals surface area contributed by atoms with Gasteiger partial charge in [-0.2, -0.15) is 0 Å². The normalized spacial score (nSPS) is 12.9. The minimum Gasteiger partial charge on any atom is -0.382 e. The Hall–Kier alpha value is -1.36. The van der Waals surface area contributed by atoms with Gasteiger partial charge in [0.2, 0.25) is 0 Å². The first-order chi connectivity index (χ1) is 9.06. The molecule has 102 valence electrons. The summed E-state index contributed by atoms with van der Waals surface area (Å²) in [5, 5.41) is 6.98. The fourth-order valence-corrected chi connectivity index (χ4v) is 2.15. The van der Waals surface area contributed by atoms with Crippen LogP contribution in [0.5, 0.6) is 0 Å². The van der Waals surface area contributed by atoms with Gasteiger partial charge in [0.05, 0.1) is 5.52 Å². The Bertz CT molecular complexity index is 556. The molecule has 0 amide bonds. The summed E-state index contributed by atoms with van der Waals surface area (Å²) in [7, 11) is 1.87. The standard InChI is InChI=1S/C14H19ClN4/c1-10(6-8-19(2)16)18-13-5-7-17-14-9-11(15)3-4-12(13)14/h3-5,7,9-10H,6,8,16H2,1-2H3,(H,17,18)/t10-/m1/s1. The van der Waals surface area contributed by atoms with E-state index in [-0.39, 0.29) is 0 Å². The Kier molecular flexibility index (Phi) is 4.58. The zero-order valence-corrected chi connectivity index (χ0v) is 12.0. The van der Waals surface area contributed by atoms with Gasteiger partial charge in [0.25, 0.3) is 0 Å². The van der Waals surface area contributed by atoms with Gasteiger partial charge in [-0.05, 0) is 37.6 Å². The van der Waals surface area contributed by atoms with Gasteiger partial charge in [-0.3, -0.25) is 15.8 Å². The fraction of sp³-hybridized carbons (Fsp3) is 0.357. The van der Waals surface area contributed by atoms with Crippen LogP contribution in [-0.4, -0.2) is 29.6 Å². The third kappa shape index (κ3) is 3.80. The van der Waals surface area contributed by atoms with Crippen molar-refractivity contribution in [2.24, 2.45) is 5.84 Å². The quantitative estimate of drug-likeness (QED) is 0.652. The minimum absolute atomic E-state index is 0.340. The lowest BCUT2D eigenvalue weighted by Gasteiger charge is -2.18. The van der Waals surface area contributed by atoms with Crippen LogP contribution in [-0.2, 0) is 0 Å². The first-order valence-electron chi connectivity index (χ1n) is 6.33. The number of nitrogens with one attached hydrogen (secondary N) is 1. The summed E-state index contributed by atoms with van der Waals surface area (Å²) in [4.78, 5) is 4.33. The van der Waals surface area contributed by atoms with Crippen molar-refractivity contribution in [3.05, 3.63) is 35.5 Å². The third-order valence-electron chi connectivity index (χ3n) is 3.02. The number of hydrogen-bond donors (Lipinski definition) is 2. The predicted octanol–water partition coefficient (Wildman–Crippen LogP) is 2.88. The molecule has 0 aliphatic rings. The maximum absolute atomic E-state index is 5.98. The number of nitrogens with two attached hydrogens (primary N) is 1. The van der Waals surface area contributed by atoms with Crippen LogP contribution in [0.4, 0.5) is 5.69 Å². The van der Waals surface area contributed by atoms with E-state index in [2.05, 4.69) is 17.2 Å². The van der Waals surface area contributed by atoms with Gasteiger partial charge in [0.1, 0.15) is 0 Å². The Morgan fingerprint density at radius 2 is 2.21 bits per heavy atom. The van der Waals surface area contributed by atoms with Crippen molar-refractivity contribution in [3.63, 3.8) is 0 Å². The number of hydrazine groups is 1. The molecule has 0 aliphatic heterocycles. The lowest BCUT2D eigenvalue weighted by molar-refractivity contribution is 0.337. The molecule has 0 fully saturated rings. The zero-order valence-electron chi connectivity index (χ0n) is 11.2. The van der Waals surface area contributed by atoms with Gasteiger partial charge in [-0.15, -0.1) is 0 Å². The molecular weight excluding hydrogens is 260 g/mol. The molecule has 2 aromatic rings. The molecule has 1 atom stereocenters. The first kappa shape index (κ1) is 14.1. The Labute approximate surface area is 118 Å². The third-order valence-corrected chi connectivity index (χ3v) is 3.26. The van der Waals surface area contributed by atoms with Crippen molar-refractivity contribution in [1.29, 1.82) is 0 Å². The van der Waals surface area contributed by atoms with E-state index in [4.69, 9.17) is 17.4 Å². The number of anilines is 1. The molecule has 3 N–H and O–H groups in total. The molecule has 0 saturated heterocycles. The topological polar surface area (TPSA) is 54.2 Å². The van der Waals surface area contributed by atoms with Gasteiger partial charge in [0, 0.05) is 41.9 Å². The van der Waals surface area contributed by atoms with E-state index >= 15 is 0 Å². The molecule has 2 rings (SSSR count). The number of benzene rings is 1. The average molecular weight is 279 g/mol. The van der Waals surface area contributed by atoms with Crippen molar-refractivity contribution in [2.45, 2.75) is 19.4 Å². The molecule has 0 aliphatic carbocycles. The first-order valence-corrected chi connectivity index (χ1v) is 6.70. The molecule has 1 aromatic heterocycles. The van der Waals surface area contributed by atoms with Crippen LogP contribution in [0.25, 0.3) is 10.9 Å². The summed E-state index contributed by atoms with van der Waals surface area (Å²) in [5.74, 6) is 5.62. The van der Waals surface area contributed by atoms with Crippen LogP contribution < -0.4 is 11.2 Å². The van der Waals surface area contributed by atoms with E-state index in [0.29, 0.717) is 11.1 Å². The van der Waals surface area contributed by atoms with Crippen LogP contribution >= 0.6 is 11.6 Å². The Morgan fingerprint density at radius 1 is 1.42 bits per heavy atom. The van der Waals surface area contributed by atoms with Crippen molar-refractivity contribution in [3.8, 4) is 0 Å². The molecule has 0 spiro atoms. The van der Waals surface area contributed by atoms with Gasteiger partial charge in [0.15, 0.2) is 0 Å². The Balaban J connectivity index is 2.16. The van der Waals surface area contributed by atoms with Crippen LogP contribution in [0.15, 0.2) is 30.5 Å². The fourth-order valence-electron chi connectivity index (χ4n) is 1.98. The lowest BCUT2D eigenvalue weighted by atomic mass is 10.1. The lowest BCUT2D eigenvalue weighted by Crippen LogP contribution is -2.30. The van der Waals surface area contributed by atoms with Crippen LogP contribution in [0.3, 0.4) is 0 Å². The summed E-state index contributed by atoms with van der Waals surface area (Å²) < 4.78 is 0.